The molecule has 18 heavy (non-hydrogen) atoms. The first-order valence-corrected chi connectivity index (χ1v) is 6.00. The van der Waals surface area contributed by atoms with Crippen LogP contribution in [0.2, 0.25) is 0 Å². The van der Waals surface area contributed by atoms with Crippen molar-refractivity contribution in [1.29, 1.82) is 0 Å². The molecule has 5 heteroatoms. The number of hydrogen-bond donors (Lipinski definition) is 3. The Kier molecular flexibility index (Phi) is 5.59. The second-order valence-electron chi connectivity index (χ2n) is 4.39. The number of carbonyl (C=O) groups is 1. The van der Waals surface area contributed by atoms with Gasteiger partial charge < -0.3 is 15.7 Å². The fourth-order valence-electron chi connectivity index (χ4n) is 2.02. The third-order valence-electron chi connectivity index (χ3n) is 3.03. The number of rotatable bonds is 3. The predicted octanol–water partition coefficient (Wildman–Crippen LogP) is 1.33. The molecule has 1 amide bonds. The highest BCUT2D eigenvalue weighted by atomic mass is 35.5. The number of β-amino-alcohol motifs (C(OH)–C–C–N with tert-alkyl or cyclic N) is 1. The van der Waals surface area contributed by atoms with Crippen LogP contribution in [-0.2, 0) is 11.2 Å². The maximum absolute atomic E-state index is 11.9. The Labute approximate surface area is 113 Å². The van der Waals surface area contributed by atoms with E-state index in [4.69, 9.17) is 0 Å². The number of hydrogen-bond acceptors (Lipinski definition) is 3. The molecule has 0 bridgehead atoms. The number of aryl methyl sites for hydroxylation is 1. The van der Waals surface area contributed by atoms with Crippen LogP contribution in [0.1, 0.15) is 18.9 Å². The zero-order valence-electron chi connectivity index (χ0n) is 10.3. The molecule has 2 atom stereocenters. The standard InChI is InChI=1S/C13H18N2O2.ClH/c1-2-9-4-3-5-10(6-9)15-13(17)12-7-11(16)8-14-12;/h3-6,11-12,14,16H,2,7-8H2,1H3,(H,15,17);1H. The minimum atomic E-state index is -0.410. The van der Waals surface area contributed by atoms with Crippen LogP contribution in [0.3, 0.4) is 0 Å². The molecular weight excluding hydrogens is 252 g/mol. The highest BCUT2D eigenvalue weighted by Crippen LogP contribution is 2.13. The minimum Gasteiger partial charge on any atom is -0.392 e. The van der Waals surface area contributed by atoms with Crippen molar-refractivity contribution in [3.05, 3.63) is 29.8 Å². The lowest BCUT2D eigenvalue weighted by Crippen LogP contribution is -2.35. The fourth-order valence-corrected chi connectivity index (χ4v) is 2.02. The molecule has 1 aliphatic rings. The summed E-state index contributed by atoms with van der Waals surface area (Å²) in [6.45, 7) is 2.57. The molecule has 0 aliphatic carbocycles. The van der Waals surface area contributed by atoms with Gasteiger partial charge in [0, 0.05) is 12.2 Å². The minimum absolute atomic E-state index is 0. The van der Waals surface area contributed by atoms with Gasteiger partial charge in [0.2, 0.25) is 5.91 Å². The summed E-state index contributed by atoms with van der Waals surface area (Å²) >= 11 is 0. The molecule has 1 fully saturated rings. The number of aliphatic hydroxyl groups excluding tert-OH is 1. The topological polar surface area (TPSA) is 61.4 Å². The van der Waals surface area contributed by atoms with Crippen LogP contribution in [0.25, 0.3) is 0 Å². The number of carbonyl (C=O) groups excluding carboxylic acids is 1. The summed E-state index contributed by atoms with van der Waals surface area (Å²) in [6.07, 6.45) is 1.02. The van der Waals surface area contributed by atoms with Crippen molar-refractivity contribution < 1.29 is 9.90 Å². The lowest BCUT2D eigenvalue weighted by Gasteiger charge is -2.11. The summed E-state index contributed by atoms with van der Waals surface area (Å²) < 4.78 is 0. The van der Waals surface area contributed by atoms with Crippen molar-refractivity contribution in [2.75, 3.05) is 11.9 Å². The molecule has 1 aliphatic heterocycles. The van der Waals surface area contributed by atoms with E-state index in [0.717, 1.165) is 12.1 Å². The van der Waals surface area contributed by atoms with E-state index in [1.54, 1.807) is 0 Å². The number of halogens is 1. The van der Waals surface area contributed by atoms with Gasteiger partial charge >= 0.3 is 0 Å². The molecule has 0 spiro atoms. The maximum atomic E-state index is 11.9. The normalized spacial score (nSPS) is 22.3. The Hall–Kier alpha value is -1.10. The number of nitrogens with one attached hydrogen (secondary N) is 2. The van der Waals surface area contributed by atoms with Gasteiger partial charge in [0.25, 0.3) is 0 Å². The van der Waals surface area contributed by atoms with Gasteiger partial charge in [-0.3, -0.25) is 4.79 Å². The smallest absolute Gasteiger partial charge is 0.241 e. The second-order valence-corrected chi connectivity index (χ2v) is 4.39. The van der Waals surface area contributed by atoms with Gasteiger partial charge in [-0.15, -0.1) is 12.4 Å². The monoisotopic (exact) mass is 270 g/mol. The number of amides is 1. The van der Waals surface area contributed by atoms with Crippen molar-refractivity contribution in [1.82, 2.24) is 5.32 Å². The summed E-state index contributed by atoms with van der Waals surface area (Å²) in [6, 6.07) is 7.54. The van der Waals surface area contributed by atoms with Gasteiger partial charge in [-0.1, -0.05) is 19.1 Å². The number of anilines is 1. The number of aliphatic hydroxyl groups is 1. The molecular formula is C13H19ClN2O2. The second kappa shape index (κ2) is 6.73. The van der Waals surface area contributed by atoms with Crippen LogP contribution in [0.4, 0.5) is 5.69 Å². The Morgan fingerprint density at radius 3 is 2.94 bits per heavy atom. The summed E-state index contributed by atoms with van der Waals surface area (Å²) in [5, 5.41) is 15.2. The Bertz CT molecular complexity index is 412. The molecule has 0 radical (unpaired) electrons. The molecule has 2 rings (SSSR count). The molecule has 0 saturated carbocycles. The van der Waals surface area contributed by atoms with E-state index in [1.807, 2.05) is 24.3 Å². The summed E-state index contributed by atoms with van der Waals surface area (Å²) in [5.41, 5.74) is 2.01. The van der Waals surface area contributed by atoms with Crippen molar-refractivity contribution in [2.24, 2.45) is 0 Å². The Morgan fingerprint density at radius 2 is 2.33 bits per heavy atom. The molecule has 1 heterocycles. The van der Waals surface area contributed by atoms with Crippen LogP contribution in [0.15, 0.2) is 24.3 Å². The largest absolute Gasteiger partial charge is 0.392 e. The van der Waals surface area contributed by atoms with Gasteiger partial charge in [0.05, 0.1) is 12.1 Å². The van der Waals surface area contributed by atoms with Crippen LogP contribution < -0.4 is 10.6 Å². The first kappa shape index (κ1) is 15.0. The van der Waals surface area contributed by atoms with E-state index in [-0.39, 0.29) is 24.4 Å². The highest BCUT2D eigenvalue weighted by Gasteiger charge is 2.27. The lowest BCUT2D eigenvalue weighted by molar-refractivity contribution is -0.117. The van der Waals surface area contributed by atoms with Crippen molar-refractivity contribution in [3.63, 3.8) is 0 Å². The first-order valence-electron chi connectivity index (χ1n) is 6.00. The highest BCUT2D eigenvalue weighted by molar-refractivity contribution is 5.95. The van der Waals surface area contributed by atoms with Gasteiger partial charge in [0.1, 0.15) is 0 Å². The molecule has 4 nitrogen and oxygen atoms in total. The van der Waals surface area contributed by atoms with Gasteiger partial charge in [-0.25, -0.2) is 0 Å². The van der Waals surface area contributed by atoms with Crippen molar-refractivity contribution >= 4 is 24.0 Å². The van der Waals surface area contributed by atoms with E-state index < -0.39 is 6.10 Å². The van der Waals surface area contributed by atoms with Crippen molar-refractivity contribution in [3.8, 4) is 0 Å². The van der Waals surface area contributed by atoms with Crippen LogP contribution in [0.5, 0.6) is 0 Å². The lowest BCUT2D eigenvalue weighted by atomic mass is 10.1. The van der Waals surface area contributed by atoms with Crippen LogP contribution in [-0.4, -0.2) is 29.7 Å². The molecule has 1 aromatic carbocycles. The zero-order valence-corrected chi connectivity index (χ0v) is 11.2. The first-order chi connectivity index (χ1) is 8.19. The zero-order chi connectivity index (χ0) is 12.3. The molecule has 0 aromatic heterocycles. The van der Waals surface area contributed by atoms with E-state index >= 15 is 0 Å². The van der Waals surface area contributed by atoms with Gasteiger partial charge in [-0.2, -0.15) is 0 Å². The van der Waals surface area contributed by atoms with Gasteiger partial charge in [0.15, 0.2) is 0 Å². The molecule has 1 saturated heterocycles. The van der Waals surface area contributed by atoms with Crippen LogP contribution in [0, 0.1) is 0 Å². The molecule has 100 valence electrons. The fraction of sp³-hybridized carbons (Fsp3) is 0.462. The van der Waals surface area contributed by atoms with E-state index in [0.29, 0.717) is 13.0 Å². The van der Waals surface area contributed by atoms with Gasteiger partial charge in [-0.05, 0) is 30.5 Å². The summed E-state index contributed by atoms with van der Waals surface area (Å²) in [7, 11) is 0. The molecule has 3 N–H and O–H groups in total. The summed E-state index contributed by atoms with van der Waals surface area (Å²) in [4.78, 5) is 11.9. The summed E-state index contributed by atoms with van der Waals surface area (Å²) in [5.74, 6) is -0.0743. The SMILES string of the molecule is CCc1cccc(NC(=O)C2CC(O)CN2)c1.Cl. The molecule has 2 unspecified atom stereocenters. The average Bonchev–Trinajstić information content (AvgIpc) is 2.76. The Balaban J connectivity index is 0.00000162. The van der Waals surface area contributed by atoms with E-state index in [1.165, 1.54) is 5.56 Å². The maximum Gasteiger partial charge on any atom is 0.241 e. The average molecular weight is 271 g/mol. The van der Waals surface area contributed by atoms with E-state index in [2.05, 4.69) is 17.6 Å². The third kappa shape index (κ3) is 3.70. The third-order valence-corrected chi connectivity index (χ3v) is 3.03. The van der Waals surface area contributed by atoms with E-state index in [9.17, 15) is 9.90 Å². The number of benzene rings is 1. The van der Waals surface area contributed by atoms with Crippen LogP contribution >= 0.6 is 12.4 Å². The predicted molar refractivity (Wildman–Crippen MR) is 74.1 cm³/mol. The quantitative estimate of drug-likeness (QED) is 0.777. The Morgan fingerprint density at radius 1 is 1.56 bits per heavy atom. The molecule has 1 aromatic rings. The van der Waals surface area contributed by atoms with Crippen molar-refractivity contribution in [2.45, 2.75) is 31.9 Å².